The van der Waals surface area contributed by atoms with Crippen LogP contribution in [-0.4, -0.2) is 28.9 Å². The van der Waals surface area contributed by atoms with Gasteiger partial charge in [0.15, 0.2) is 5.82 Å². The fraction of sp³-hybridized carbons (Fsp3) is 0.0541. The molecule has 6 nitrogen and oxygen atoms in total. The van der Waals surface area contributed by atoms with E-state index in [0.29, 0.717) is 5.95 Å². The van der Waals surface area contributed by atoms with E-state index >= 15 is 0 Å². The van der Waals surface area contributed by atoms with Crippen LogP contribution in [-0.2, 0) is 0 Å². The molecule has 9 aromatic rings. The first kappa shape index (κ1) is 23.9. The van der Waals surface area contributed by atoms with Crippen LogP contribution in [0.3, 0.4) is 0 Å². The zero-order valence-corrected chi connectivity index (χ0v) is 23.7. The van der Waals surface area contributed by atoms with Gasteiger partial charge >= 0.3 is 0 Å². The first-order valence-electron chi connectivity index (χ1n) is 14.5. The highest BCUT2D eigenvalue weighted by atomic mass is 15.3. The highest BCUT2D eigenvalue weighted by Crippen LogP contribution is 2.44. The molecule has 0 amide bonds. The number of rotatable bonds is 3. The van der Waals surface area contributed by atoms with Crippen LogP contribution in [0.15, 0.2) is 122 Å². The molecular weight excluding hydrogens is 528 g/mol. The predicted molar refractivity (Wildman–Crippen MR) is 175 cm³/mol. The Kier molecular flexibility index (Phi) is 4.93. The normalized spacial score (nSPS) is 12.0. The van der Waals surface area contributed by atoms with Crippen molar-refractivity contribution in [2.24, 2.45) is 0 Å². The molecule has 0 saturated heterocycles. The van der Waals surface area contributed by atoms with Crippen LogP contribution in [0.5, 0.6) is 0 Å². The van der Waals surface area contributed by atoms with Gasteiger partial charge in [0.25, 0.3) is 0 Å². The van der Waals surface area contributed by atoms with E-state index in [0.717, 1.165) is 33.4 Å². The van der Waals surface area contributed by atoms with E-state index in [1.807, 2.05) is 35.3 Å². The lowest BCUT2D eigenvalue weighted by atomic mass is 9.98. The van der Waals surface area contributed by atoms with E-state index < -0.39 is 0 Å². The molecule has 0 radical (unpaired) electrons. The van der Waals surface area contributed by atoms with Crippen LogP contribution < -0.4 is 0 Å². The Bertz CT molecular complexity index is 2530. The minimum absolute atomic E-state index is 0.615. The molecule has 0 aliphatic rings. The molecule has 0 unspecified atom stereocenters. The Morgan fingerprint density at radius 3 is 2.00 bits per heavy atom. The molecule has 4 heterocycles. The number of aromatic nitrogens is 6. The number of fused-ring (bicyclic) bond motifs is 8. The average Bonchev–Trinajstić information content (AvgIpc) is 3.74. The summed E-state index contributed by atoms with van der Waals surface area (Å²) in [5.74, 6) is 1.34. The Balaban J connectivity index is 1.47. The Hall–Kier alpha value is -5.75. The van der Waals surface area contributed by atoms with Crippen LogP contribution in [0.2, 0.25) is 0 Å². The van der Waals surface area contributed by atoms with Crippen molar-refractivity contribution in [3.63, 3.8) is 0 Å². The second-order valence-electron chi connectivity index (χ2n) is 11.1. The molecule has 0 aliphatic heterocycles. The standard InChI is InChI=1S/C37H26N6/c1-23-24(2)35-34(28-16-8-10-18-30(28)41(35)26-13-4-3-5-14-26)36-33(23)27-15-7-11-19-31(27)42(36)37-38-21-20-32(40-37)43-29-17-9-6-12-25(29)22-39-43/h3-22H,1-2H3. The number of hydrogen-bond acceptors (Lipinski definition) is 3. The third-order valence-electron chi connectivity index (χ3n) is 8.82. The zero-order chi connectivity index (χ0) is 28.7. The van der Waals surface area contributed by atoms with Gasteiger partial charge in [-0.3, -0.25) is 4.57 Å². The summed E-state index contributed by atoms with van der Waals surface area (Å²) in [6.07, 6.45) is 3.71. The second-order valence-corrected chi connectivity index (χ2v) is 11.1. The van der Waals surface area contributed by atoms with Crippen LogP contribution in [0.4, 0.5) is 0 Å². The average molecular weight is 555 g/mol. The third kappa shape index (κ3) is 3.26. The molecule has 0 aliphatic carbocycles. The molecule has 0 N–H and O–H groups in total. The van der Waals surface area contributed by atoms with E-state index in [-0.39, 0.29) is 0 Å². The van der Waals surface area contributed by atoms with E-state index in [1.165, 1.54) is 43.7 Å². The van der Waals surface area contributed by atoms with E-state index in [1.54, 1.807) is 0 Å². The highest BCUT2D eigenvalue weighted by molar-refractivity contribution is 6.27. The molecule has 4 aromatic heterocycles. The largest absolute Gasteiger partial charge is 0.309 e. The van der Waals surface area contributed by atoms with Gasteiger partial charge in [0.1, 0.15) is 0 Å². The molecule has 0 bridgehead atoms. The summed E-state index contributed by atoms with van der Waals surface area (Å²) in [4.78, 5) is 10.0. The van der Waals surface area contributed by atoms with Crippen molar-refractivity contribution < 1.29 is 0 Å². The fourth-order valence-corrected chi connectivity index (χ4v) is 6.83. The molecule has 5 aromatic carbocycles. The maximum atomic E-state index is 5.16. The number of hydrogen-bond donors (Lipinski definition) is 0. The van der Waals surface area contributed by atoms with Gasteiger partial charge < -0.3 is 4.57 Å². The second kappa shape index (κ2) is 8.87. The van der Waals surface area contributed by atoms with Crippen molar-refractivity contribution in [3.05, 3.63) is 133 Å². The smallest absolute Gasteiger partial charge is 0.236 e. The summed E-state index contributed by atoms with van der Waals surface area (Å²) in [5, 5.41) is 10.6. The highest BCUT2D eigenvalue weighted by Gasteiger charge is 2.25. The quantitative estimate of drug-likeness (QED) is 0.220. The first-order valence-corrected chi connectivity index (χ1v) is 14.5. The van der Waals surface area contributed by atoms with E-state index in [9.17, 15) is 0 Å². The van der Waals surface area contributed by atoms with Gasteiger partial charge in [-0.1, -0.05) is 72.8 Å². The molecule has 9 rings (SSSR count). The van der Waals surface area contributed by atoms with Gasteiger partial charge in [0, 0.05) is 44.9 Å². The van der Waals surface area contributed by atoms with Crippen molar-refractivity contribution in [2.75, 3.05) is 0 Å². The number of aryl methyl sites for hydroxylation is 2. The van der Waals surface area contributed by atoms with Crippen molar-refractivity contribution in [3.8, 4) is 17.5 Å². The lowest BCUT2D eigenvalue weighted by molar-refractivity contribution is 0.849. The molecule has 43 heavy (non-hydrogen) atoms. The summed E-state index contributed by atoms with van der Waals surface area (Å²) in [6, 6.07) is 38.1. The fourth-order valence-electron chi connectivity index (χ4n) is 6.83. The predicted octanol–water partition coefficient (Wildman–Crippen LogP) is 8.63. The van der Waals surface area contributed by atoms with Gasteiger partial charge in [-0.05, 0) is 55.3 Å². The van der Waals surface area contributed by atoms with E-state index in [4.69, 9.17) is 9.97 Å². The summed E-state index contributed by atoms with van der Waals surface area (Å²) < 4.78 is 6.54. The molecule has 0 spiro atoms. The van der Waals surface area contributed by atoms with Crippen molar-refractivity contribution in [2.45, 2.75) is 13.8 Å². The summed E-state index contributed by atoms with van der Waals surface area (Å²) >= 11 is 0. The minimum Gasteiger partial charge on any atom is -0.309 e. The Morgan fingerprint density at radius 2 is 1.21 bits per heavy atom. The van der Waals surface area contributed by atoms with Crippen molar-refractivity contribution in [1.29, 1.82) is 0 Å². The third-order valence-corrected chi connectivity index (χ3v) is 8.82. The van der Waals surface area contributed by atoms with Crippen molar-refractivity contribution >= 4 is 54.5 Å². The zero-order valence-electron chi connectivity index (χ0n) is 23.7. The van der Waals surface area contributed by atoms with Crippen LogP contribution in [0.1, 0.15) is 11.1 Å². The maximum absolute atomic E-state index is 5.16. The summed E-state index contributed by atoms with van der Waals surface area (Å²) in [5.41, 5.74) is 9.24. The summed E-state index contributed by atoms with van der Waals surface area (Å²) in [7, 11) is 0. The molecule has 204 valence electrons. The topological polar surface area (TPSA) is 53.5 Å². The van der Waals surface area contributed by atoms with Crippen LogP contribution in [0, 0.1) is 13.8 Å². The molecule has 0 fully saturated rings. The minimum atomic E-state index is 0.615. The monoisotopic (exact) mass is 554 g/mol. The molecule has 6 heteroatoms. The van der Waals surface area contributed by atoms with Gasteiger partial charge in [-0.25, -0.2) is 9.67 Å². The summed E-state index contributed by atoms with van der Waals surface area (Å²) in [6.45, 7) is 4.50. The SMILES string of the molecule is Cc1c(C)c2c(c3ccccc3n2-c2ccccc2)c2c1c1ccccc1n2-c1nccc(-n2ncc3ccccc32)n1. The van der Waals surface area contributed by atoms with E-state index in [2.05, 4.69) is 119 Å². The maximum Gasteiger partial charge on any atom is 0.236 e. The van der Waals surface area contributed by atoms with Crippen molar-refractivity contribution in [1.82, 2.24) is 28.9 Å². The van der Waals surface area contributed by atoms with Gasteiger partial charge in [0.05, 0.1) is 33.8 Å². The first-order chi connectivity index (χ1) is 21.2. The Labute approximate surface area is 247 Å². The lowest BCUT2D eigenvalue weighted by Crippen LogP contribution is -2.06. The van der Waals surface area contributed by atoms with Gasteiger partial charge in [0.2, 0.25) is 5.95 Å². The number of para-hydroxylation sites is 4. The number of nitrogens with zero attached hydrogens (tertiary/aromatic N) is 6. The number of benzene rings is 5. The Morgan fingerprint density at radius 1 is 0.558 bits per heavy atom. The molecular formula is C37H26N6. The van der Waals surface area contributed by atoms with Gasteiger partial charge in [-0.2, -0.15) is 10.1 Å². The van der Waals surface area contributed by atoms with Crippen LogP contribution >= 0.6 is 0 Å². The molecule has 0 saturated carbocycles. The lowest BCUT2D eigenvalue weighted by Gasteiger charge is -2.14. The van der Waals surface area contributed by atoms with Gasteiger partial charge in [-0.15, -0.1) is 0 Å². The molecule has 0 atom stereocenters. The van der Waals surface area contributed by atoms with Crippen LogP contribution in [0.25, 0.3) is 72.0 Å².